The molecule has 2 heterocycles. The zero-order valence-electron chi connectivity index (χ0n) is 30.1. The largest absolute Gasteiger partial charge is 0.493 e. The van der Waals surface area contributed by atoms with Gasteiger partial charge in [-0.1, -0.05) is 29.4 Å². The summed E-state index contributed by atoms with van der Waals surface area (Å²) in [5, 5.41) is 19.4. The third-order valence-electron chi connectivity index (χ3n) is 8.93. The summed E-state index contributed by atoms with van der Waals surface area (Å²) in [5.41, 5.74) is 7.40. The number of fused-ring (bicyclic) bond motifs is 3. The van der Waals surface area contributed by atoms with Crippen LogP contribution in [0.3, 0.4) is 0 Å². The van der Waals surface area contributed by atoms with Gasteiger partial charge in [-0.3, -0.25) is 14.6 Å². The van der Waals surface area contributed by atoms with Crippen molar-refractivity contribution in [2.24, 2.45) is 5.73 Å². The minimum absolute atomic E-state index is 0.233. The lowest BCUT2D eigenvalue weighted by Crippen LogP contribution is -2.29. The van der Waals surface area contributed by atoms with Crippen molar-refractivity contribution in [1.29, 1.82) is 0 Å². The van der Waals surface area contributed by atoms with Crippen LogP contribution in [0.5, 0.6) is 28.7 Å². The molecule has 7 aromatic rings. The number of carboxylic acids is 1. The molecule has 55 heavy (non-hydrogen) atoms. The first-order chi connectivity index (χ1) is 26.5. The molecule has 0 unspecified atom stereocenters. The predicted molar refractivity (Wildman–Crippen MR) is 205 cm³/mol. The summed E-state index contributed by atoms with van der Waals surface area (Å²) in [6.45, 7) is 3.51. The van der Waals surface area contributed by atoms with Crippen LogP contribution in [0.4, 0.5) is 5.82 Å². The number of carboxylic acid groups (broad SMARTS) is 1. The number of anilines is 1. The molecule has 278 valence electrons. The van der Waals surface area contributed by atoms with Crippen molar-refractivity contribution in [3.63, 3.8) is 0 Å². The van der Waals surface area contributed by atoms with Gasteiger partial charge in [0.05, 0.1) is 23.7 Å². The second-order valence-electron chi connectivity index (χ2n) is 13.1. The molecule has 1 fully saturated rings. The normalized spacial score (nSPS) is 12.7. The van der Waals surface area contributed by atoms with Crippen molar-refractivity contribution < 1.29 is 43.0 Å². The number of carbonyl (C=O) groups excluding carboxylic acids is 2. The molecule has 13 heteroatoms. The van der Waals surface area contributed by atoms with Gasteiger partial charge in [-0.2, -0.15) is 0 Å². The number of benzene rings is 5. The Kier molecular flexibility index (Phi) is 10.0. The summed E-state index contributed by atoms with van der Waals surface area (Å²) in [7, 11) is 1.60. The van der Waals surface area contributed by atoms with Crippen molar-refractivity contribution in [2.45, 2.75) is 32.2 Å². The highest BCUT2D eigenvalue weighted by molar-refractivity contribution is 6.12. The van der Waals surface area contributed by atoms with Gasteiger partial charge in [0.15, 0.2) is 17.3 Å². The Morgan fingerprint density at radius 1 is 0.836 bits per heavy atom. The van der Waals surface area contributed by atoms with E-state index in [9.17, 15) is 14.4 Å². The number of aryl methyl sites for hydroxylation is 1. The summed E-state index contributed by atoms with van der Waals surface area (Å²) < 4.78 is 27.8. The fraction of sp³-hybridized carbons (Fsp3) is 0.167. The maximum absolute atomic E-state index is 12.9. The third kappa shape index (κ3) is 8.32. The molecular formula is C42H36N4O9. The summed E-state index contributed by atoms with van der Waals surface area (Å²) in [6, 6.07) is 28.1. The van der Waals surface area contributed by atoms with Gasteiger partial charge in [-0.25, -0.2) is 4.79 Å². The molecule has 0 saturated heterocycles. The van der Waals surface area contributed by atoms with E-state index in [0.717, 1.165) is 34.4 Å². The van der Waals surface area contributed by atoms with E-state index in [0.29, 0.717) is 63.4 Å². The number of nitrogens with zero attached hydrogens (tertiary/aromatic N) is 2. The topological polar surface area (TPSA) is 185 Å². The summed E-state index contributed by atoms with van der Waals surface area (Å²) in [6.07, 6.45) is 3.60. The number of hydrogen-bond donors (Lipinski definition) is 3. The van der Waals surface area contributed by atoms with Crippen molar-refractivity contribution >= 4 is 56.1 Å². The van der Waals surface area contributed by atoms with Crippen LogP contribution < -0.4 is 30.0 Å². The van der Waals surface area contributed by atoms with Crippen LogP contribution in [0.1, 0.15) is 46.2 Å². The Hall–Kier alpha value is -6.99. The first kappa shape index (κ1) is 36.4. The average molecular weight is 741 g/mol. The van der Waals surface area contributed by atoms with E-state index in [1.807, 2.05) is 42.5 Å². The van der Waals surface area contributed by atoms with Crippen molar-refractivity contribution in [3.8, 4) is 28.7 Å². The first-order valence-electron chi connectivity index (χ1n) is 17.3. The number of aromatic carboxylic acids is 1. The monoisotopic (exact) mass is 740 g/mol. The standard InChI is InChI=1S/C29H26N4O5.C13H10O4/c1-17-12-27(33-38-17)32-28(34)21-5-3-4-18-13-19(6-7-20(18)21)37-24-8-11-31-23-15-26(25(35-2)14-22(23)24)36-16-29(30)9-10-29;1-8(14)17-10-5-6-11-9(7-10)3-2-4-12(11)13(15)16/h3-8,11-15H,9-10,16,30H2,1-2H3,(H,32,33,34);2-7H,1H3,(H,15,16). The number of hydrogen-bond acceptors (Lipinski definition) is 11. The molecule has 0 aliphatic heterocycles. The number of amides is 1. The molecule has 0 atom stereocenters. The van der Waals surface area contributed by atoms with E-state index >= 15 is 0 Å². The van der Waals surface area contributed by atoms with Gasteiger partial charge in [0.2, 0.25) is 0 Å². The number of methoxy groups -OCH3 is 1. The lowest BCUT2D eigenvalue weighted by Gasteiger charge is -2.16. The Morgan fingerprint density at radius 3 is 2.18 bits per heavy atom. The van der Waals surface area contributed by atoms with Crippen molar-refractivity contribution in [3.05, 3.63) is 120 Å². The van der Waals surface area contributed by atoms with Gasteiger partial charge < -0.3 is 39.6 Å². The molecule has 0 spiro atoms. The Labute approximate surface area is 314 Å². The van der Waals surface area contributed by atoms with E-state index in [1.165, 1.54) is 13.0 Å². The molecular weight excluding hydrogens is 704 g/mol. The van der Waals surface area contributed by atoms with Gasteiger partial charge in [-0.05, 0) is 102 Å². The van der Waals surface area contributed by atoms with Crippen LogP contribution in [-0.2, 0) is 4.79 Å². The van der Waals surface area contributed by atoms with E-state index < -0.39 is 11.9 Å². The number of ether oxygens (including phenoxy) is 4. The highest BCUT2D eigenvalue weighted by Gasteiger charge is 2.39. The van der Waals surface area contributed by atoms with Crippen LogP contribution in [-0.4, -0.2) is 52.3 Å². The summed E-state index contributed by atoms with van der Waals surface area (Å²) >= 11 is 0. The zero-order chi connectivity index (χ0) is 38.7. The highest BCUT2D eigenvalue weighted by atomic mass is 16.5. The van der Waals surface area contributed by atoms with Crippen LogP contribution in [0.25, 0.3) is 32.4 Å². The molecule has 0 bridgehead atoms. The van der Waals surface area contributed by atoms with Crippen LogP contribution in [0, 0.1) is 6.92 Å². The Morgan fingerprint density at radius 2 is 1.53 bits per heavy atom. The molecule has 13 nitrogen and oxygen atoms in total. The van der Waals surface area contributed by atoms with Gasteiger partial charge in [0.1, 0.15) is 29.6 Å². The van der Waals surface area contributed by atoms with E-state index in [2.05, 4.69) is 15.5 Å². The fourth-order valence-electron chi connectivity index (χ4n) is 5.95. The van der Waals surface area contributed by atoms with Gasteiger partial charge in [0, 0.05) is 36.2 Å². The van der Waals surface area contributed by atoms with Crippen LogP contribution >= 0.6 is 0 Å². The molecule has 0 radical (unpaired) electrons. The molecule has 2 aromatic heterocycles. The second kappa shape index (κ2) is 15.2. The average Bonchev–Trinajstić information content (AvgIpc) is 3.77. The lowest BCUT2D eigenvalue weighted by molar-refractivity contribution is -0.131. The fourth-order valence-corrected chi connectivity index (χ4v) is 5.95. The number of esters is 1. The highest BCUT2D eigenvalue weighted by Crippen LogP contribution is 2.39. The van der Waals surface area contributed by atoms with Crippen molar-refractivity contribution in [1.82, 2.24) is 10.1 Å². The van der Waals surface area contributed by atoms with E-state index in [1.54, 1.807) is 68.8 Å². The predicted octanol–water partition coefficient (Wildman–Crippen LogP) is 8.07. The Balaban J connectivity index is 0.000000229. The van der Waals surface area contributed by atoms with Gasteiger partial charge in [-0.15, -0.1) is 0 Å². The quantitative estimate of drug-likeness (QED) is 0.0906. The molecule has 4 N–H and O–H groups in total. The maximum atomic E-state index is 12.9. The van der Waals surface area contributed by atoms with Crippen LogP contribution in [0.2, 0.25) is 0 Å². The van der Waals surface area contributed by atoms with Crippen molar-refractivity contribution in [2.75, 3.05) is 19.0 Å². The van der Waals surface area contributed by atoms with Crippen LogP contribution in [0.15, 0.2) is 108 Å². The minimum atomic E-state index is -0.976. The minimum Gasteiger partial charge on any atom is -0.493 e. The third-order valence-corrected chi connectivity index (χ3v) is 8.93. The number of aromatic nitrogens is 2. The lowest BCUT2D eigenvalue weighted by atomic mass is 10.0. The molecule has 1 aliphatic carbocycles. The first-order valence-corrected chi connectivity index (χ1v) is 17.3. The SMILES string of the molecule is CC(=O)Oc1ccc2c(C(=O)O)cccc2c1.COc1cc2c(Oc3ccc4c(C(=O)Nc5cc(C)on5)cccc4c3)ccnc2cc1OCC1(N)CC1. The molecule has 1 aliphatic rings. The number of nitrogens with two attached hydrogens (primary N) is 1. The summed E-state index contributed by atoms with van der Waals surface area (Å²) in [4.78, 5) is 39.2. The van der Waals surface area contributed by atoms with Gasteiger partial charge >= 0.3 is 11.9 Å². The maximum Gasteiger partial charge on any atom is 0.336 e. The summed E-state index contributed by atoms with van der Waals surface area (Å²) in [5.74, 6) is 2.15. The Bertz CT molecular complexity index is 2600. The number of rotatable bonds is 10. The molecule has 1 amide bonds. The van der Waals surface area contributed by atoms with E-state index in [-0.39, 0.29) is 17.0 Å². The van der Waals surface area contributed by atoms with E-state index in [4.69, 9.17) is 34.3 Å². The number of carbonyl (C=O) groups is 3. The molecule has 5 aromatic carbocycles. The second-order valence-corrected chi connectivity index (χ2v) is 13.1. The molecule has 1 saturated carbocycles. The smallest absolute Gasteiger partial charge is 0.336 e. The number of pyridine rings is 1. The number of nitrogens with one attached hydrogen (secondary N) is 1. The van der Waals surface area contributed by atoms with Gasteiger partial charge in [0.25, 0.3) is 5.91 Å². The zero-order valence-corrected chi connectivity index (χ0v) is 30.1. The molecule has 8 rings (SSSR count).